The average molecular weight is 447 g/mol. The van der Waals surface area contributed by atoms with E-state index in [0.29, 0.717) is 42.1 Å². The summed E-state index contributed by atoms with van der Waals surface area (Å²) in [7, 11) is 0. The minimum absolute atomic E-state index is 0.295. The van der Waals surface area contributed by atoms with E-state index in [0.717, 1.165) is 38.5 Å². The highest BCUT2D eigenvalue weighted by molar-refractivity contribution is 6.03. The Bertz CT molecular complexity index is 655. The molecule has 3 atom stereocenters. The molecule has 182 valence electrons. The van der Waals surface area contributed by atoms with E-state index in [1.165, 1.54) is 25.7 Å². The van der Waals surface area contributed by atoms with Crippen LogP contribution in [0.25, 0.3) is 0 Å². The summed E-state index contributed by atoms with van der Waals surface area (Å²) in [5.74, 6) is 0.658. The second-order valence-electron chi connectivity index (χ2n) is 9.13. The Hall–Kier alpha value is -1.84. The highest BCUT2D eigenvalue weighted by Gasteiger charge is 2.21. The smallest absolute Gasteiger partial charge is 0.339 e. The Morgan fingerprint density at radius 1 is 0.781 bits per heavy atom. The molecule has 0 heterocycles. The molecule has 32 heavy (non-hydrogen) atoms. The molecule has 0 aliphatic carbocycles. The lowest BCUT2D eigenvalue weighted by Crippen LogP contribution is -2.19. The molecule has 0 aliphatic rings. The molecule has 0 spiro atoms. The third-order valence-electron chi connectivity index (χ3n) is 6.67. The lowest BCUT2D eigenvalue weighted by atomic mass is 9.87. The Morgan fingerprint density at radius 3 is 2.00 bits per heavy atom. The predicted octanol–water partition coefficient (Wildman–Crippen LogP) is 7.85. The summed E-state index contributed by atoms with van der Waals surface area (Å²) in [5.41, 5.74) is 0.594. The standard InChI is InChI=1S/C28H46O4/c1-6-10-11-12-16-23(15-7-2)21-32-28(30)26-18-14-13-17-25(26)27(29)31-20-19-24(9-4)22(5)8-3/h13-14,17-18,22-24H,6-12,15-16,19-21H2,1-5H3. The minimum Gasteiger partial charge on any atom is -0.462 e. The fourth-order valence-corrected chi connectivity index (χ4v) is 4.29. The number of unbranched alkanes of at least 4 members (excludes halogenated alkanes) is 3. The van der Waals surface area contributed by atoms with Crippen molar-refractivity contribution in [3.63, 3.8) is 0 Å². The van der Waals surface area contributed by atoms with Gasteiger partial charge in [-0.05, 0) is 49.1 Å². The van der Waals surface area contributed by atoms with Gasteiger partial charge in [-0.1, -0.05) is 91.7 Å². The van der Waals surface area contributed by atoms with Crippen molar-refractivity contribution < 1.29 is 19.1 Å². The van der Waals surface area contributed by atoms with Crippen molar-refractivity contribution in [2.75, 3.05) is 13.2 Å². The van der Waals surface area contributed by atoms with E-state index in [4.69, 9.17) is 9.47 Å². The first-order chi connectivity index (χ1) is 15.5. The van der Waals surface area contributed by atoms with Crippen LogP contribution in [0.4, 0.5) is 0 Å². The maximum absolute atomic E-state index is 12.8. The third-order valence-corrected chi connectivity index (χ3v) is 6.67. The molecule has 0 saturated carbocycles. The number of hydrogen-bond donors (Lipinski definition) is 0. The summed E-state index contributed by atoms with van der Waals surface area (Å²) in [6.07, 6.45) is 11.1. The van der Waals surface area contributed by atoms with Gasteiger partial charge in [-0.2, -0.15) is 0 Å². The molecule has 4 heteroatoms. The van der Waals surface area contributed by atoms with Gasteiger partial charge in [0.15, 0.2) is 0 Å². The number of esters is 2. The number of carbonyl (C=O) groups is 2. The zero-order chi connectivity index (χ0) is 23.8. The molecule has 0 amide bonds. The molecule has 3 unspecified atom stereocenters. The van der Waals surface area contributed by atoms with Gasteiger partial charge in [0.2, 0.25) is 0 Å². The number of benzene rings is 1. The molecular weight excluding hydrogens is 400 g/mol. The maximum Gasteiger partial charge on any atom is 0.339 e. The maximum atomic E-state index is 12.8. The first kappa shape index (κ1) is 28.2. The monoisotopic (exact) mass is 446 g/mol. The van der Waals surface area contributed by atoms with Gasteiger partial charge < -0.3 is 9.47 Å². The normalized spacial score (nSPS) is 13.9. The zero-order valence-electron chi connectivity index (χ0n) is 21.2. The first-order valence-corrected chi connectivity index (χ1v) is 12.9. The molecule has 0 bridgehead atoms. The highest BCUT2D eigenvalue weighted by Crippen LogP contribution is 2.23. The molecule has 0 N–H and O–H groups in total. The van der Waals surface area contributed by atoms with Gasteiger partial charge in [0, 0.05) is 0 Å². The Balaban J connectivity index is 2.65. The van der Waals surface area contributed by atoms with Gasteiger partial charge in [-0.25, -0.2) is 9.59 Å². The van der Waals surface area contributed by atoms with E-state index in [1.807, 2.05) is 0 Å². The molecule has 0 radical (unpaired) electrons. The van der Waals surface area contributed by atoms with Crippen LogP contribution in [-0.4, -0.2) is 25.2 Å². The van der Waals surface area contributed by atoms with Crippen LogP contribution in [0.15, 0.2) is 24.3 Å². The van der Waals surface area contributed by atoms with E-state index < -0.39 is 11.9 Å². The van der Waals surface area contributed by atoms with E-state index >= 15 is 0 Å². The molecule has 0 saturated heterocycles. The first-order valence-electron chi connectivity index (χ1n) is 12.9. The predicted molar refractivity (Wildman–Crippen MR) is 132 cm³/mol. The highest BCUT2D eigenvalue weighted by atomic mass is 16.5. The van der Waals surface area contributed by atoms with Crippen molar-refractivity contribution in [2.45, 2.75) is 98.8 Å². The number of rotatable bonds is 17. The number of hydrogen-bond acceptors (Lipinski definition) is 4. The minimum atomic E-state index is -0.443. The Morgan fingerprint density at radius 2 is 1.44 bits per heavy atom. The van der Waals surface area contributed by atoms with Crippen molar-refractivity contribution in [2.24, 2.45) is 17.8 Å². The fourth-order valence-electron chi connectivity index (χ4n) is 4.29. The summed E-state index contributed by atoms with van der Waals surface area (Å²) in [6, 6.07) is 6.83. The molecule has 0 fully saturated rings. The van der Waals surface area contributed by atoms with Gasteiger partial charge >= 0.3 is 11.9 Å². The average Bonchev–Trinajstić information content (AvgIpc) is 2.82. The van der Waals surface area contributed by atoms with Gasteiger partial charge in [-0.3, -0.25) is 0 Å². The second-order valence-corrected chi connectivity index (χ2v) is 9.13. The van der Waals surface area contributed by atoms with E-state index in [1.54, 1.807) is 24.3 Å². The molecular formula is C28H46O4. The molecule has 1 aromatic carbocycles. The van der Waals surface area contributed by atoms with Crippen LogP contribution in [0, 0.1) is 17.8 Å². The van der Waals surface area contributed by atoms with Crippen molar-refractivity contribution in [3.8, 4) is 0 Å². The van der Waals surface area contributed by atoms with Crippen LogP contribution in [0.3, 0.4) is 0 Å². The SMILES string of the molecule is CCCCCCC(CCC)COC(=O)c1ccccc1C(=O)OCCC(CC)C(C)CC. The van der Waals surface area contributed by atoms with Crippen LogP contribution >= 0.6 is 0 Å². The summed E-state index contributed by atoms with van der Waals surface area (Å²) in [6.45, 7) is 11.8. The van der Waals surface area contributed by atoms with Crippen LogP contribution in [0.1, 0.15) is 120 Å². The van der Waals surface area contributed by atoms with Crippen LogP contribution in [-0.2, 0) is 9.47 Å². The summed E-state index contributed by atoms with van der Waals surface area (Å²) in [5, 5.41) is 0. The van der Waals surface area contributed by atoms with E-state index in [9.17, 15) is 9.59 Å². The Kier molecular flexibility index (Phi) is 14.8. The fraction of sp³-hybridized carbons (Fsp3) is 0.714. The summed E-state index contributed by atoms with van der Waals surface area (Å²) < 4.78 is 11.2. The van der Waals surface area contributed by atoms with Crippen LogP contribution < -0.4 is 0 Å². The van der Waals surface area contributed by atoms with Gasteiger partial charge in [0.25, 0.3) is 0 Å². The Labute approximate surface area is 196 Å². The van der Waals surface area contributed by atoms with Gasteiger partial charge in [-0.15, -0.1) is 0 Å². The van der Waals surface area contributed by atoms with Crippen molar-refractivity contribution >= 4 is 11.9 Å². The van der Waals surface area contributed by atoms with E-state index in [-0.39, 0.29) is 0 Å². The number of ether oxygens (including phenoxy) is 2. The van der Waals surface area contributed by atoms with Crippen molar-refractivity contribution in [3.05, 3.63) is 35.4 Å². The molecule has 0 aliphatic heterocycles. The second kappa shape index (κ2) is 16.7. The molecule has 4 nitrogen and oxygen atoms in total. The zero-order valence-corrected chi connectivity index (χ0v) is 21.2. The van der Waals surface area contributed by atoms with Crippen molar-refractivity contribution in [1.29, 1.82) is 0 Å². The van der Waals surface area contributed by atoms with Gasteiger partial charge in [0.05, 0.1) is 24.3 Å². The quantitative estimate of drug-likeness (QED) is 0.181. The lowest BCUT2D eigenvalue weighted by Gasteiger charge is -2.21. The topological polar surface area (TPSA) is 52.6 Å². The molecule has 0 aromatic heterocycles. The summed E-state index contributed by atoms with van der Waals surface area (Å²) in [4.78, 5) is 25.5. The van der Waals surface area contributed by atoms with E-state index in [2.05, 4.69) is 34.6 Å². The van der Waals surface area contributed by atoms with Crippen molar-refractivity contribution in [1.82, 2.24) is 0 Å². The van der Waals surface area contributed by atoms with Gasteiger partial charge in [0.1, 0.15) is 0 Å². The lowest BCUT2D eigenvalue weighted by molar-refractivity contribution is 0.0394. The third kappa shape index (κ3) is 10.2. The largest absolute Gasteiger partial charge is 0.462 e. The molecule has 1 rings (SSSR count). The number of carbonyl (C=O) groups excluding carboxylic acids is 2. The van der Waals surface area contributed by atoms with Crippen LogP contribution in [0.2, 0.25) is 0 Å². The molecule has 1 aromatic rings. The summed E-state index contributed by atoms with van der Waals surface area (Å²) >= 11 is 0. The van der Waals surface area contributed by atoms with Crippen LogP contribution in [0.5, 0.6) is 0 Å².